The summed E-state index contributed by atoms with van der Waals surface area (Å²) >= 11 is 0. The zero-order valence-electron chi connectivity index (χ0n) is 22.2. The van der Waals surface area contributed by atoms with Gasteiger partial charge >= 0.3 is 0 Å². The summed E-state index contributed by atoms with van der Waals surface area (Å²) in [5.41, 5.74) is 1.08. The van der Waals surface area contributed by atoms with Gasteiger partial charge in [-0.2, -0.15) is 0 Å². The summed E-state index contributed by atoms with van der Waals surface area (Å²) in [5, 5.41) is 13.4. The summed E-state index contributed by atoms with van der Waals surface area (Å²) < 4.78 is 27.1. The lowest BCUT2D eigenvalue weighted by molar-refractivity contribution is 0.190. The average Bonchev–Trinajstić information content (AvgIpc) is 3.39. The number of fused-ring (bicyclic) bond motifs is 1. The van der Waals surface area contributed by atoms with Gasteiger partial charge in [0, 0.05) is 43.2 Å². The largest absolute Gasteiger partial charge is 0.493 e. The van der Waals surface area contributed by atoms with Crippen LogP contribution in [0.4, 0.5) is 10.1 Å². The maximum Gasteiger partial charge on any atom is 0.253 e. The Bertz CT molecular complexity index is 1500. The van der Waals surface area contributed by atoms with Crippen molar-refractivity contribution in [3.8, 4) is 11.5 Å². The number of H-pyrrole nitrogens is 1. The number of methoxy groups -OCH3 is 2. The van der Waals surface area contributed by atoms with E-state index in [4.69, 9.17) is 9.47 Å². The lowest BCUT2D eigenvalue weighted by atomic mass is 10.0. The molecule has 0 spiro atoms. The molecule has 1 aliphatic heterocycles. The molecule has 2 aromatic carbocycles. The second-order valence-electron chi connectivity index (χ2n) is 10.3. The van der Waals surface area contributed by atoms with Crippen LogP contribution in [0.1, 0.15) is 38.2 Å². The number of rotatable bonds is 6. The lowest BCUT2D eigenvalue weighted by Gasteiger charge is -2.40. The number of para-hydroxylation sites is 1. The molecule has 3 heterocycles. The zero-order valence-corrected chi connectivity index (χ0v) is 22.2. The van der Waals surface area contributed by atoms with Gasteiger partial charge < -0.3 is 19.4 Å². The number of anilines is 1. The predicted octanol–water partition coefficient (Wildman–Crippen LogP) is 3.34. The van der Waals surface area contributed by atoms with Gasteiger partial charge in [-0.15, -0.1) is 5.10 Å². The van der Waals surface area contributed by atoms with Crippen molar-refractivity contribution in [3.05, 3.63) is 70.0 Å². The molecule has 0 amide bonds. The molecule has 38 heavy (non-hydrogen) atoms. The smallest absolute Gasteiger partial charge is 0.253 e. The van der Waals surface area contributed by atoms with Crippen LogP contribution in [-0.4, -0.2) is 70.5 Å². The van der Waals surface area contributed by atoms with Crippen molar-refractivity contribution in [3.63, 3.8) is 0 Å². The van der Waals surface area contributed by atoms with Gasteiger partial charge in [-0.1, -0.05) is 12.1 Å². The standard InChI is InChI=1S/C27H32FN7O3/c1-27(2,3)35-25(30-31-32-35)24(34-12-10-33(11-13-34)21-9-7-6-8-19(21)28)18-14-17-15-22(37-4)23(38-5)16-20(17)29-26(18)36/h6-9,14-16,24H,10-13H2,1-5H3,(H,29,36)/t24-/m0/s1. The second kappa shape index (κ2) is 10.1. The first kappa shape index (κ1) is 25.7. The van der Waals surface area contributed by atoms with Crippen LogP contribution in [0.2, 0.25) is 0 Å². The molecule has 11 heteroatoms. The van der Waals surface area contributed by atoms with Crippen molar-refractivity contribution in [2.75, 3.05) is 45.3 Å². The van der Waals surface area contributed by atoms with Gasteiger partial charge in [-0.05, 0) is 55.5 Å². The SMILES string of the molecule is COc1cc2cc([C@@H](c3nnnn3C(C)(C)C)N3CCN(c4ccccc4F)CC3)c(=O)[nH]c2cc1OC. The summed E-state index contributed by atoms with van der Waals surface area (Å²) in [6.07, 6.45) is 0. The Morgan fingerprint density at radius 3 is 2.34 bits per heavy atom. The van der Waals surface area contributed by atoms with E-state index >= 15 is 0 Å². The minimum absolute atomic E-state index is 0.241. The quantitative estimate of drug-likeness (QED) is 0.412. The van der Waals surface area contributed by atoms with Crippen molar-refractivity contribution in [2.24, 2.45) is 0 Å². The van der Waals surface area contributed by atoms with Gasteiger partial charge in [0.2, 0.25) is 0 Å². The molecule has 10 nitrogen and oxygen atoms in total. The number of tetrazole rings is 1. The fourth-order valence-corrected chi connectivity index (χ4v) is 5.02. The van der Waals surface area contributed by atoms with Gasteiger partial charge in [0.15, 0.2) is 17.3 Å². The molecule has 200 valence electrons. The average molecular weight is 522 g/mol. The van der Waals surface area contributed by atoms with E-state index in [9.17, 15) is 9.18 Å². The fraction of sp³-hybridized carbons (Fsp3) is 0.407. The number of aromatic nitrogens is 5. The summed E-state index contributed by atoms with van der Waals surface area (Å²) in [6.45, 7) is 8.39. The summed E-state index contributed by atoms with van der Waals surface area (Å²) in [5.74, 6) is 1.42. The Hall–Kier alpha value is -3.99. The highest BCUT2D eigenvalue weighted by atomic mass is 19.1. The molecule has 0 radical (unpaired) electrons. The molecular formula is C27H32FN7O3. The molecule has 0 saturated carbocycles. The van der Waals surface area contributed by atoms with E-state index in [1.165, 1.54) is 6.07 Å². The highest BCUT2D eigenvalue weighted by molar-refractivity contribution is 5.83. The molecule has 0 unspecified atom stereocenters. The van der Waals surface area contributed by atoms with Crippen molar-refractivity contribution in [1.82, 2.24) is 30.1 Å². The summed E-state index contributed by atoms with van der Waals surface area (Å²) in [6, 6.07) is 11.7. The molecule has 1 saturated heterocycles. The molecule has 4 aromatic rings. The first-order valence-corrected chi connectivity index (χ1v) is 12.5. The highest BCUT2D eigenvalue weighted by Gasteiger charge is 2.35. The van der Waals surface area contributed by atoms with Crippen molar-refractivity contribution >= 4 is 16.6 Å². The summed E-state index contributed by atoms with van der Waals surface area (Å²) in [7, 11) is 3.13. The number of nitrogens with zero attached hydrogens (tertiary/aromatic N) is 6. The van der Waals surface area contributed by atoms with Crippen molar-refractivity contribution < 1.29 is 13.9 Å². The Morgan fingerprint density at radius 1 is 1.00 bits per heavy atom. The number of pyridine rings is 1. The maximum absolute atomic E-state index is 14.5. The minimum atomic E-state index is -0.520. The lowest BCUT2D eigenvalue weighted by Crippen LogP contribution is -2.49. The van der Waals surface area contributed by atoms with Crippen LogP contribution in [0.25, 0.3) is 10.9 Å². The molecule has 1 aliphatic rings. The third kappa shape index (κ3) is 4.69. The van der Waals surface area contributed by atoms with Crippen LogP contribution in [-0.2, 0) is 5.54 Å². The number of hydrogen-bond acceptors (Lipinski definition) is 8. The predicted molar refractivity (Wildman–Crippen MR) is 143 cm³/mol. The Morgan fingerprint density at radius 2 is 1.68 bits per heavy atom. The molecule has 1 N–H and O–H groups in total. The Kier molecular flexibility index (Phi) is 6.78. The number of benzene rings is 2. The van der Waals surface area contributed by atoms with Crippen LogP contribution in [0, 0.1) is 5.82 Å². The van der Waals surface area contributed by atoms with E-state index < -0.39 is 11.6 Å². The van der Waals surface area contributed by atoms with Gasteiger partial charge in [-0.25, -0.2) is 9.07 Å². The van der Waals surface area contributed by atoms with Crippen LogP contribution in [0.3, 0.4) is 0 Å². The van der Waals surface area contributed by atoms with Gasteiger partial charge in [0.1, 0.15) is 11.9 Å². The minimum Gasteiger partial charge on any atom is -0.493 e. The van der Waals surface area contributed by atoms with Gasteiger partial charge in [0.05, 0.1) is 31.0 Å². The number of piperazine rings is 1. The molecule has 0 bridgehead atoms. The number of hydrogen-bond donors (Lipinski definition) is 1. The Balaban J connectivity index is 1.59. The fourth-order valence-electron chi connectivity index (χ4n) is 5.02. The van der Waals surface area contributed by atoms with E-state index in [2.05, 4.69) is 25.4 Å². The normalized spacial score (nSPS) is 15.6. The van der Waals surface area contributed by atoms with E-state index in [-0.39, 0.29) is 11.4 Å². The molecule has 1 atom stereocenters. The van der Waals surface area contributed by atoms with Crippen molar-refractivity contribution in [2.45, 2.75) is 32.4 Å². The van der Waals surface area contributed by atoms with E-state index in [0.29, 0.717) is 60.3 Å². The van der Waals surface area contributed by atoms with Gasteiger partial charge in [-0.3, -0.25) is 9.69 Å². The maximum atomic E-state index is 14.5. The molecule has 0 aliphatic carbocycles. The molecule has 5 rings (SSSR count). The second-order valence-corrected chi connectivity index (χ2v) is 10.3. The summed E-state index contributed by atoms with van der Waals surface area (Å²) in [4.78, 5) is 20.8. The number of ether oxygens (including phenoxy) is 2. The third-order valence-electron chi connectivity index (χ3n) is 6.92. The third-order valence-corrected chi connectivity index (χ3v) is 6.92. The van der Waals surface area contributed by atoms with E-state index in [0.717, 1.165) is 5.39 Å². The van der Waals surface area contributed by atoms with Crippen LogP contribution in [0.5, 0.6) is 11.5 Å². The van der Waals surface area contributed by atoms with Crippen LogP contribution < -0.4 is 19.9 Å². The van der Waals surface area contributed by atoms with Crippen LogP contribution >= 0.6 is 0 Å². The van der Waals surface area contributed by atoms with E-state index in [1.807, 2.05) is 43.9 Å². The van der Waals surface area contributed by atoms with Crippen molar-refractivity contribution in [1.29, 1.82) is 0 Å². The van der Waals surface area contributed by atoms with E-state index in [1.54, 1.807) is 37.1 Å². The first-order valence-electron chi connectivity index (χ1n) is 12.5. The monoisotopic (exact) mass is 521 g/mol. The molecule has 2 aromatic heterocycles. The van der Waals surface area contributed by atoms with Gasteiger partial charge in [0.25, 0.3) is 5.56 Å². The van der Waals surface area contributed by atoms with Crippen LogP contribution in [0.15, 0.2) is 47.3 Å². The first-order chi connectivity index (χ1) is 18.2. The topological polar surface area (TPSA) is 101 Å². The Labute approximate surface area is 220 Å². The molecular weight excluding hydrogens is 489 g/mol. The molecule has 1 fully saturated rings. The zero-order chi connectivity index (χ0) is 27.0. The number of aromatic amines is 1. The highest BCUT2D eigenvalue weighted by Crippen LogP contribution is 2.34. The number of halogens is 1. The number of nitrogens with one attached hydrogen (secondary N) is 1.